The van der Waals surface area contributed by atoms with Gasteiger partial charge in [0.2, 0.25) is 0 Å². The summed E-state index contributed by atoms with van der Waals surface area (Å²) in [7, 11) is 0. The maximum absolute atomic E-state index is 13.7. The molecule has 34 heavy (non-hydrogen) atoms. The molecule has 1 N–H and O–H groups in total. The lowest BCUT2D eigenvalue weighted by atomic mass is 9.95. The first-order chi connectivity index (χ1) is 16.5. The molecule has 0 amide bonds. The predicted octanol–water partition coefficient (Wildman–Crippen LogP) is 6.92. The van der Waals surface area contributed by atoms with Crippen LogP contribution in [0.25, 0.3) is 22.0 Å². The number of aromatic amines is 1. The number of hydrogen-bond acceptors (Lipinski definition) is 3. The lowest BCUT2D eigenvalue weighted by Gasteiger charge is -2.16. The molecule has 0 aliphatic carbocycles. The highest BCUT2D eigenvalue weighted by Gasteiger charge is 2.16. The normalized spacial score (nSPS) is 11.1. The molecule has 4 nitrogen and oxygen atoms in total. The van der Waals surface area contributed by atoms with Crippen LogP contribution in [0.4, 0.5) is 0 Å². The van der Waals surface area contributed by atoms with Crippen LogP contribution in [0, 0.1) is 20.8 Å². The Morgan fingerprint density at radius 1 is 0.882 bits per heavy atom. The van der Waals surface area contributed by atoms with Gasteiger partial charge in [0.05, 0.1) is 5.52 Å². The molecular formula is C30H33NO3. The zero-order valence-electron chi connectivity index (χ0n) is 20.5. The van der Waals surface area contributed by atoms with Crippen LogP contribution in [-0.4, -0.2) is 18.2 Å². The van der Waals surface area contributed by atoms with Crippen molar-refractivity contribution in [2.75, 3.05) is 13.2 Å². The largest absolute Gasteiger partial charge is 0.490 e. The molecule has 0 fully saturated rings. The van der Waals surface area contributed by atoms with Gasteiger partial charge in [0, 0.05) is 22.7 Å². The number of para-hydroxylation sites is 1. The first kappa shape index (κ1) is 23.6. The van der Waals surface area contributed by atoms with Crippen molar-refractivity contribution in [3.63, 3.8) is 0 Å². The van der Waals surface area contributed by atoms with Crippen molar-refractivity contribution < 1.29 is 9.47 Å². The van der Waals surface area contributed by atoms with E-state index in [4.69, 9.17) is 9.47 Å². The SMILES string of the molecule is CCCCc1cc2c(=O)c(-c3ccc(C)cc3C)c(C)[nH]c2cc1OCCOc1ccccc1. The van der Waals surface area contributed by atoms with Gasteiger partial charge in [0.15, 0.2) is 5.43 Å². The number of H-pyrrole nitrogens is 1. The Kier molecular flexibility index (Phi) is 7.36. The van der Waals surface area contributed by atoms with Crippen LogP contribution in [0.15, 0.2) is 65.5 Å². The van der Waals surface area contributed by atoms with Crippen LogP contribution in [0.1, 0.15) is 42.1 Å². The molecule has 3 aromatic carbocycles. The Hall–Kier alpha value is -3.53. The third-order valence-corrected chi connectivity index (χ3v) is 6.17. The van der Waals surface area contributed by atoms with Crippen LogP contribution in [0.3, 0.4) is 0 Å². The van der Waals surface area contributed by atoms with Crippen LogP contribution in [-0.2, 0) is 6.42 Å². The Morgan fingerprint density at radius 2 is 1.65 bits per heavy atom. The lowest BCUT2D eigenvalue weighted by Crippen LogP contribution is -2.13. The molecule has 0 aliphatic rings. The molecular weight excluding hydrogens is 422 g/mol. The van der Waals surface area contributed by atoms with Gasteiger partial charge in [-0.15, -0.1) is 0 Å². The zero-order valence-corrected chi connectivity index (χ0v) is 20.5. The second kappa shape index (κ2) is 10.6. The van der Waals surface area contributed by atoms with E-state index in [1.165, 1.54) is 5.56 Å². The molecule has 4 rings (SSSR count). The minimum absolute atomic E-state index is 0.0647. The maximum atomic E-state index is 13.7. The third-order valence-electron chi connectivity index (χ3n) is 6.17. The topological polar surface area (TPSA) is 51.3 Å². The smallest absolute Gasteiger partial charge is 0.197 e. The molecule has 0 saturated heterocycles. The number of fused-ring (bicyclic) bond motifs is 1. The van der Waals surface area contributed by atoms with Gasteiger partial charge in [-0.1, -0.05) is 55.3 Å². The van der Waals surface area contributed by atoms with Crippen LogP contribution in [0.5, 0.6) is 11.5 Å². The molecule has 0 spiro atoms. The van der Waals surface area contributed by atoms with Crippen LogP contribution in [0.2, 0.25) is 0 Å². The molecule has 1 aromatic heterocycles. The molecule has 0 aliphatic heterocycles. The van der Waals surface area contributed by atoms with Gasteiger partial charge in [-0.3, -0.25) is 4.79 Å². The fourth-order valence-corrected chi connectivity index (χ4v) is 4.43. The van der Waals surface area contributed by atoms with Crippen molar-refractivity contribution in [1.29, 1.82) is 0 Å². The van der Waals surface area contributed by atoms with E-state index < -0.39 is 0 Å². The Labute approximate surface area is 201 Å². The molecule has 4 heteroatoms. The summed E-state index contributed by atoms with van der Waals surface area (Å²) in [6.07, 6.45) is 2.98. The average Bonchev–Trinajstić information content (AvgIpc) is 2.82. The number of hydrogen-bond donors (Lipinski definition) is 1. The lowest BCUT2D eigenvalue weighted by molar-refractivity contribution is 0.216. The van der Waals surface area contributed by atoms with E-state index in [1.807, 2.05) is 49.4 Å². The summed E-state index contributed by atoms with van der Waals surface area (Å²) in [6, 6.07) is 20.0. The van der Waals surface area contributed by atoms with E-state index >= 15 is 0 Å². The van der Waals surface area contributed by atoms with Crippen molar-refractivity contribution in [2.45, 2.75) is 47.0 Å². The number of pyridine rings is 1. The van der Waals surface area contributed by atoms with E-state index in [0.29, 0.717) is 18.6 Å². The number of aromatic nitrogens is 1. The summed E-state index contributed by atoms with van der Waals surface area (Å²) in [6.45, 7) is 9.16. The quantitative estimate of drug-likeness (QED) is 0.279. The summed E-state index contributed by atoms with van der Waals surface area (Å²) in [4.78, 5) is 17.1. The average molecular weight is 456 g/mol. The summed E-state index contributed by atoms with van der Waals surface area (Å²) in [5, 5.41) is 0.708. The van der Waals surface area contributed by atoms with Gasteiger partial charge in [-0.25, -0.2) is 0 Å². The molecule has 4 aromatic rings. The summed E-state index contributed by atoms with van der Waals surface area (Å²) < 4.78 is 11.9. The van der Waals surface area contributed by atoms with Crippen molar-refractivity contribution in [2.24, 2.45) is 0 Å². The maximum Gasteiger partial charge on any atom is 0.197 e. The Bertz CT molecular complexity index is 1340. The highest BCUT2D eigenvalue weighted by molar-refractivity contribution is 5.87. The van der Waals surface area contributed by atoms with Crippen LogP contribution < -0.4 is 14.9 Å². The molecule has 0 bridgehead atoms. The van der Waals surface area contributed by atoms with E-state index in [-0.39, 0.29) is 5.43 Å². The molecule has 1 heterocycles. The first-order valence-electron chi connectivity index (χ1n) is 12.1. The van der Waals surface area contributed by atoms with Gasteiger partial charge in [0.25, 0.3) is 0 Å². The van der Waals surface area contributed by atoms with Crippen molar-refractivity contribution in [3.05, 3.63) is 93.3 Å². The molecule has 0 radical (unpaired) electrons. The Morgan fingerprint density at radius 3 is 2.38 bits per heavy atom. The standard InChI is InChI=1S/C30H33NO3/c1-5-6-10-23-18-26-27(19-28(23)34-16-15-33-24-11-8-7-9-12-24)31-22(4)29(30(26)32)25-14-13-20(2)17-21(25)3/h7-9,11-14,17-19H,5-6,10,15-16H2,1-4H3,(H,31,32). The molecule has 0 unspecified atom stereocenters. The molecule has 0 atom stereocenters. The number of benzene rings is 3. The fraction of sp³-hybridized carbons (Fsp3) is 0.300. The number of ether oxygens (including phenoxy) is 2. The van der Waals surface area contributed by atoms with Gasteiger partial charge in [0.1, 0.15) is 24.7 Å². The Balaban J connectivity index is 1.67. The highest BCUT2D eigenvalue weighted by atomic mass is 16.5. The first-order valence-corrected chi connectivity index (χ1v) is 12.1. The number of aryl methyl sites for hydroxylation is 4. The summed E-state index contributed by atoms with van der Waals surface area (Å²) in [5.41, 5.74) is 6.83. The van der Waals surface area contributed by atoms with E-state index in [0.717, 1.165) is 64.2 Å². The number of unbranched alkanes of at least 4 members (excludes halogenated alkanes) is 1. The summed E-state index contributed by atoms with van der Waals surface area (Å²) >= 11 is 0. The highest BCUT2D eigenvalue weighted by Crippen LogP contribution is 2.30. The zero-order chi connectivity index (χ0) is 24.1. The van der Waals surface area contributed by atoms with Gasteiger partial charge in [-0.2, -0.15) is 0 Å². The second-order valence-electron chi connectivity index (χ2n) is 8.89. The predicted molar refractivity (Wildman–Crippen MR) is 140 cm³/mol. The van der Waals surface area contributed by atoms with Crippen molar-refractivity contribution in [3.8, 4) is 22.6 Å². The van der Waals surface area contributed by atoms with Crippen LogP contribution >= 0.6 is 0 Å². The van der Waals surface area contributed by atoms with E-state index in [2.05, 4.69) is 44.0 Å². The van der Waals surface area contributed by atoms with Gasteiger partial charge >= 0.3 is 0 Å². The van der Waals surface area contributed by atoms with Gasteiger partial charge in [-0.05, 0) is 68.5 Å². The third kappa shape index (κ3) is 5.17. The van der Waals surface area contributed by atoms with Gasteiger partial charge < -0.3 is 14.5 Å². The monoisotopic (exact) mass is 455 g/mol. The molecule has 0 saturated carbocycles. The minimum Gasteiger partial charge on any atom is -0.490 e. The van der Waals surface area contributed by atoms with E-state index in [9.17, 15) is 4.79 Å². The molecule has 176 valence electrons. The summed E-state index contributed by atoms with van der Waals surface area (Å²) in [5.74, 6) is 1.64. The number of nitrogens with one attached hydrogen (secondary N) is 1. The van der Waals surface area contributed by atoms with E-state index in [1.54, 1.807) is 0 Å². The number of rotatable bonds is 9. The van der Waals surface area contributed by atoms with Crippen molar-refractivity contribution in [1.82, 2.24) is 4.98 Å². The fourth-order valence-electron chi connectivity index (χ4n) is 4.43. The second-order valence-corrected chi connectivity index (χ2v) is 8.89. The van der Waals surface area contributed by atoms with Crippen molar-refractivity contribution >= 4 is 10.9 Å². The minimum atomic E-state index is 0.0647.